The van der Waals surface area contributed by atoms with Gasteiger partial charge in [-0.1, -0.05) is 18.2 Å². The maximum absolute atomic E-state index is 5.84. The smallest absolute Gasteiger partial charge is 0.335 e. The molecule has 2 aromatic heterocycles. The summed E-state index contributed by atoms with van der Waals surface area (Å²) < 4.78 is 13.1. The summed E-state index contributed by atoms with van der Waals surface area (Å²) in [5.74, 6) is 0.879. The van der Waals surface area contributed by atoms with Gasteiger partial charge in [-0.05, 0) is 13.1 Å². The van der Waals surface area contributed by atoms with Gasteiger partial charge in [-0.2, -0.15) is 4.98 Å². The number of furan rings is 1. The Morgan fingerprint density at radius 2 is 2.20 bits per heavy atom. The molecule has 0 atom stereocenters. The first kappa shape index (κ1) is 12.7. The molecule has 104 valence electrons. The highest BCUT2D eigenvalue weighted by Gasteiger charge is 2.14. The number of para-hydroxylation sites is 1. The van der Waals surface area contributed by atoms with Crippen LogP contribution >= 0.6 is 0 Å². The number of aromatic nitrogens is 3. The van der Waals surface area contributed by atoms with Crippen molar-refractivity contribution >= 4 is 11.0 Å². The molecule has 20 heavy (non-hydrogen) atoms. The van der Waals surface area contributed by atoms with Crippen LogP contribution in [0.25, 0.3) is 11.0 Å². The number of aryl methyl sites for hydroxylation is 1. The number of fused-ring (bicyclic) bond motifs is 1. The lowest BCUT2D eigenvalue weighted by Gasteiger charge is -2.03. The van der Waals surface area contributed by atoms with Gasteiger partial charge in [0.25, 0.3) is 0 Å². The molecule has 0 bridgehead atoms. The van der Waals surface area contributed by atoms with E-state index >= 15 is 0 Å². The molecule has 0 amide bonds. The lowest BCUT2D eigenvalue weighted by atomic mass is 10.1. The number of nitrogens with zero attached hydrogens (tertiary/aromatic N) is 3. The van der Waals surface area contributed by atoms with Gasteiger partial charge in [0, 0.05) is 18.0 Å². The molecule has 0 unspecified atom stereocenters. The van der Waals surface area contributed by atoms with Gasteiger partial charge in [-0.3, -0.25) is 4.68 Å². The van der Waals surface area contributed by atoms with Crippen LogP contribution in [-0.4, -0.2) is 21.8 Å². The molecule has 2 heterocycles. The fourth-order valence-corrected chi connectivity index (χ4v) is 2.13. The SMILES string of the molecule is CNCc1oc2ccccc2c1COc1ncn(C)n1. The summed E-state index contributed by atoms with van der Waals surface area (Å²) in [7, 11) is 3.69. The summed E-state index contributed by atoms with van der Waals surface area (Å²) >= 11 is 0. The summed E-state index contributed by atoms with van der Waals surface area (Å²) in [6, 6.07) is 8.30. The molecule has 0 saturated carbocycles. The van der Waals surface area contributed by atoms with Crippen molar-refractivity contribution in [3.63, 3.8) is 0 Å². The number of hydrogen-bond donors (Lipinski definition) is 1. The fourth-order valence-electron chi connectivity index (χ4n) is 2.13. The van der Waals surface area contributed by atoms with Crippen molar-refractivity contribution in [2.75, 3.05) is 7.05 Å². The Kier molecular flexibility index (Phi) is 3.39. The highest BCUT2D eigenvalue weighted by molar-refractivity contribution is 5.82. The van der Waals surface area contributed by atoms with E-state index in [1.54, 1.807) is 18.1 Å². The number of rotatable bonds is 5. The predicted octanol–water partition coefficient (Wildman–Crippen LogP) is 1.86. The Balaban J connectivity index is 1.90. The molecule has 0 aliphatic rings. The van der Waals surface area contributed by atoms with Crippen LogP contribution in [0.2, 0.25) is 0 Å². The van der Waals surface area contributed by atoms with Crippen LogP contribution in [0.15, 0.2) is 35.0 Å². The number of nitrogens with one attached hydrogen (secondary N) is 1. The Morgan fingerprint density at radius 3 is 2.95 bits per heavy atom. The van der Waals surface area contributed by atoms with Crippen molar-refractivity contribution in [3.05, 3.63) is 41.9 Å². The van der Waals surface area contributed by atoms with Gasteiger partial charge in [0.05, 0.1) is 6.54 Å². The second kappa shape index (κ2) is 5.34. The first-order valence-corrected chi connectivity index (χ1v) is 6.40. The van der Waals surface area contributed by atoms with Crippen molar-refractivity contribution in [2.24, 2.45) is 7.05 Å². The molecule has 0 saturated heterocycles. The van der Waals surface area contributed by atoms with Crippen LogP contribution in [-0.2, 0) is 20.2 Å². The maximum atomic E-state index is 5.84. The van der Waals surface area contributed by atoms with E-state index in [2.05, 4.69) is 15.4 Å². The summed E-state index contributed by atoms with van der Waals surface area (Å²) in [6.07, 6.45) is 1.61. The Bertz CT molecular complexity index is 717. The molecule has 1 N–H and O–H groups in total. The molecule has 0 aliphatic carbocycles. The van der Waals surface area contributed by atoms with E-state index in [9.17, 15) is 0 Å². The second-order valence-electron chi connectivity index (χ2n) is 4.52. The fraction of sp³-hybridized carbons (Fsp3) is 0.286. The van der Waals surface area contributed by atoms with Gasteiger partial charge in [0.2, 0.25) is 0 Å². The minimum atomic E-state index is 0.369. The average molecular weight is 272 g/mol. The van der Waals surface area contributed by atoms with Gasteiger partial charge in [-0.15, -0.1) is 5.10 Å². The molecule has 0 radical (unpaired) electrons. The minimum Gasteiger partial charge on any atom is -0.459 e. The lowest BCUT2D eigenvalue weighted by Crippen LogP contribution is -2.07. The Labute approximate surface area is 116 Å². The lowest BCUT2D eigenvalue weighted by molar-refractivity contribution is 0.277. The average Bonchev–Trinajstić information content (AvgIpc) is 3.00. The van der Waals surface area contributed by atoms with Crippen LogP contribution in [0, 0.1) is 0 Å². The monoisotopic (exact) mass is 272 g/mol. The third-order valence-corrected chi connectivity index (χ3v) is 3.04. The molecule has 0 aliphatic heterocycles. The summed E-state index contributed by atoms with van der Waals surface area (Å²) in [5, 5.41) is 8.27. The maximum Gasteiger partial charge on any atom is 0.335 e. The number of hydrogen-bond acceptors (Lipinski definition) is 5. The van der Waals surface area contributed by atoms with Crippen molar-refractivity contribution in [1.29, 1.82) is 0 Å². The third kappa shape index (κ3) is 2.37. The van der Waals surface area contributed by atoms with Gasteiger partial charge in [0.15, 0.2) is 0 Å². The topological polar surface area (TPSA) is 65.1 Å². The highest BCUT2D eigenvalue weighted by atomic mass is 16.5. The second-order valence-corrected chi connectivity index (χ2v) is 4.52. The van der Waals surface area contributed by atoms with E-state index in [0.29, 0.717) is 19.2 Å². The van der Waals surface area contributed by atoms with Crippen LogP contribution < -0.4 is 10.1 Å². The summed E-state index contributed by atoms with van der Waals surface area (Å²) in [4.78, 5) is 4.05. The minimum absolute atomic E-state index is 0.369. The molecular weight excluding hydrogens is 256 g/mol. The number of benzene rings is 1. The molecular formula is C14H16N4O2. The standard InChI is InChI=1S/C14H16N4O2/c1-15-7-13-11(8-19-14-16-9-18(2)17-14)10-5-3-4-6-12(10)20-13/h3-6,9,15H,7-8H2,1-2H3. The zero-order chi connectivity index (χ0) is 13.9. The normalized spacial score (nSPS) is 11.1. The van der Waals surface area contributed by atoms with Gasteiger partial charge in [-0.25, -0.2) is 0 Å². The van der Waals surface area contributed by atoms with Crippen molar-refractivity contribution in [1.82, 2.24) is 20.1 Å². The predicted molar refractivity (Wildman–Crippen MR) is 74.3 cm³/mol. The largest absolute Gasteiger partial charge is 0.459 e. The van der Waals surface area contributed by atoms with E-state index in [0.717, 1.165) is 22.3 Å². The van der Waals surface area contributed by atoms with E-state index in [1.807, 2.05) is 31.3 Å². The van der Waals surface area contributed by atoms with E-state index in [1.165, 1.54) is 0 Å². The molecule has 6 heteroatoms. The van der Waals surface area contributed by atoms with Crippen LogP contribution in [0.1, 0.15) is 11.3 Å². The van der Waals surface area contributed by atoms with Crippen molar-refractivity contribution < 1.29 is 9.15 Å². The molecule has 0 spiro atoms. The first-order chi connectivity index (χ1) is 9.78. The van der Waals surface area contributed by atoms with Crippen molar-refractivity contribution in [3.8, 4) is 6.01 Å². The van der Waals surface area contributed by atoms with E-state index in [4.69, 9.17) is 9.15 Å². The molecule has 1 aromatic carbocycles. The van der Waals surface area contributed by atoms with Gasteiger partial charge < -0.3 is 14.5 Å². The third-order valence-electron chi connectivity index (χ3n) is 3.04. The van der Waals surface area contributed by atoms with Crippen LogP contribution in [0.4, 0.5) is 0 Å². The Hall–Kier alpha value is -2.34. The van der Waals surface area contributed by atoms with E-state index in [-0.39, 0.29) is 0 Å². The van der Waals surface area contributed by atoms with Crippen molar-refractivity contribution in [2.45, 2.75) is 13.2 Å². The zero-order valence-corrected chi connectivity index (χ0v) is 11.5. The van der Waals surface area contributed by atoms with Crippen LogP contribution in [0.3, 0.4) is 0 Å². The molecule has 3 rings (SSSR count). The zero-order valence-electron chi connectivity index (χ0n) is 11.5. The van der Waals surface area contributed by atoms with Gasteiger partial charge in [0.1, 0.15) is 24.3 Å². The van der Waals surface area contributed by atoms with E-state index < -0.39 is 0 Å². The molecule has 3 aromatic rings. The molecule has 0 fully saturated rings. The summed E-state index contributed by atoms with van der Waals surface area (Å²) in [6.45, 7) is 1.04. The van der Waals surface area contributed by atoms with Crippen LogP contribution in [0.5, 0.6) is 6.01 Å². The number of ether oxygens (including phenoxy) is 1. The first-order valence-electron chi connectivity index (χ1n) is 6.40. The quantitative estimate of drug-likeness (QED) is 0.768. The highest BCUT2D eigenvalue weighted by Crippen LogP contribution is 2.26. The van der Waals surface area contributed by atoms with Gasteiger partial charge >= 0.3 is 6.01 Å². The molecule has 6 nitrogen and oxygen atoms in total. The summed E-state index contributed by atoms with van der Waals surface area (Å²) in [5.41, 5.74) is 1.90. The Morgan fingerprint density at radius 1 is 1.35 bits per heavy atom.